The van der Waals surface area contributed by atoms with E-state index in [1.54, 1.807) is 0 Å². The van der Waals surface area contributed by atoms with Gasteiger partial charge < -0.3 is 9.80 Å². The van der Waals surface area contributed by atoms with Crippen molar-refractivity contribution in [1.29, 1.82) is 0 Å². The second-order valence-corrected chi connectivity index (χ2v) is 5.76. The molecule has 1 fully saturated rings. The van der Waals surface area contributed by atoms with Gasteiger partial charge in [0.2, 0.25) is 0 Å². The van der Waals surface area contributed by atoms with Crippen LogP contribution in [0, 0.1) is 0 Å². The van der Waals surface area contributed by atoms with Crippen LogP contribution in [0.1, 0.15) is 20.8 Å². The number of rotatable bonds is 3. The maximum absolute atomic E-state index is 3.62. The average molecular weight is 299 g/mol. The third kappa shape index (κ3) is 4.68. The molecule has 2 nitrogen and oxygen atoms in total. The lowest BCUT2D eigenvalue weighted by Crippen LogP contribution is -2.43. The summed E-state index contributed by atoms with van der Waals surface area (Å²) in [6, 6.07) is 0. The first-order chi connectivity index (χ1) is 8.04. The summed E-state index contributed by atoms with van der Waals surface area (Å²) in [5.41, 5.74) is 2.60. The molecular formula is C14H23BrN2. The normalized spacial score (nSPS) is 21.0. The van der Waals surface area contributed by atoms with Crippen LogP contribution < -0.4 is 0 Å². The lowest BCUT2D eigenvalue weighted by atomic mass is 10.2. The summed E-state index contributed by atoms with van der Waals surface area (Å²) in [5, 5.41) is 0. The van der Waals surface area contributed by atoms with Crippen molar-refractivity contribution in [1.82, 2.24) is 9.80 Å². The van der Waals surface area contributed by atoms with E-state index in [4.69, 9.17) is 0 Å². The van der Waals surface area contributed by atoms with Gasteiger partial charge in [-0.1, -0.05) is 33.7 Å². The molecule has 0 atom stereocenters. The van der Waals surface area contributed by atoms with Crippen LogP contribution in [0.5, 0.6) is 0 Å². The minimum absolute atomic E-state index is 1.11. The number of likely N-dealkylation sites (N-methyl/N-ethyl adjacent to an activating group) is 1. The number of halogens is 1. The van der Waals surface area contributed by atoms with Crippen LogP contribution >= 0.6 is 15.9 Å². The lowest BCUT2D eigenvalue weighted by Gasteiger charge is -2.35. The Bertz CT molecular complexity index is 330. The molecule has 17 heavy (non-hydrogen) atoms. The van der Waals surface area contributed by atoms with Crippen LogP contribution in [0.15, 0.2) is 34.0 Å². The predicted molar refractivity (Wildman–Crippen MR) is 79.3 cm³/mol. The summed E-state index contributed by atoms with van der Waals surface area (Å²) >= 11 is 3.62. The molecule has 1 saturated heterocycles. The van der Waals surface area contributed by atoms with Gasteiger partial charge in [0.1, 0.15) is 0 Å². The Kier molecular flexibility index (Phi) is 6.00. The second-order valence-electron chi connectivity index (χ2n) is 4.58. The van der Waals surface area contributed by atoms with E-state index < -0.39 is 0 Å². The molecule has 96 valence electrons. The Morgan fingerprint density at radius 3 is 2.12 bits per heavy atom. The van der Waals surface area contributed by atoms with Gasteiger partial charge in [-0.05, 0) is 33.9 Å². The van der Waals surface area contributed by atoms with Crippen LogP contribution in [0.4, 0.5) is 0 Å². The number of allylic oxidation sites excluding steroid dienone is 5. The molecule has 0 amide bonds. The molecule has 0 saturated carbocycles. The fourth-order valence-corrected chi connectivity index (χ4v) is 2.18. The van der Waals surface area contributed by atoms with Crippen LogP contribution in [0.2, 0.25) is 0 Å². The zero-order chi connectivity index (χ0) is 12.8. The fraction of sp³-hybridized carbons (Fsp3) is 0.571. The number of piperazine rings is 1. The highest BCUT2D eigenvalue weighted by molar-refractivity contribution is 9.11. The van der Waals surface area contributed by atoms with Crippen LogP contribution in [-0.4, -0.2) is 43.0 Å². The molecule has 0 N–H and O–H groups in total. The lowest BCUT2D eigenvalue weighted by molar-refractivity contribution is 0.190. The van der Waals surface area contributed by atoms with Gasteiger partial charge in [0, 0.05) is 36.4 Å². The highest BCUT2D eigenvalue weighted by atomic mass is 79.9. The minimum Gasteiger partial charge on any atom is -0.368 e. The quantitative estimate of drug-likeness (QED) is 0.737. The summed E-state index contributed by atoms with van der Waals surface area (Å²) in [5.74, 6) is 0. The second kappa shape index (κ2) is 7.02. The van der Waals surface area contributed by atoms with E-state index in [0.29, 0.717) is 0 Å². The zero-order valence-corrected chi connectivity index (χ0v) is 12.9. The Balaban J connectivity index is 2.75. The Hall–Kier alpha value is -0.540. The fourth-order valence-electron chi connectivity index (χ4n) is 1.79. The van der Waals surface area contributed by atoms with Crippen LogP contribution in [0.25, 0.3) is 0 Å². The standard InChI is InChI=1S/C14H23BrN2/c1-5-12(2)6-7-14(13(3)15)17-10-8-16(4)9-11-17/h5-7H,8-11H2,1-4H3/b7-6-,12-5-,14-13-. The summed E-state index contributed by atoms with van der Waals surface area (Å²) in [7, 11) is 2.18. The SMILES string of the molecule is C\C=C(C)/C=C\C(=C(/C)Br)N1CCN(C)CC1. The molecule has 1 aliphatic rings. The van der Waals surface area contributed by atoms with E-state index in [-0.39, 0.29) is 0 Å². The molecule has 0 bridgehead atoms. The summed E-state index contributed by atoms with van der Waals surface area (Å²) < 4.78 is 1.21. The van der Waals surface area contributed by atoms with Gasteiger partial charge in [0.25, 0.3) is 0 Å². The summed E-state index contributed by atoms with van der Waals surface area (Å²) in [6.07, 6.45) is 6.52. The maximum atomic E-state index is 3.62. The summed E-state index contributed by atoms with van der Waals surface area (Å²) in [4.78, 5) is 4.82. The van der Waals surface area contributed by atoms with Gasteiger partial charge in [-0.15, -0.1) is 0 Å². The van der Waals surface area contributed by atoms with E-state index in [1.807, 2.05) is 0 Å². The molecule has 0 aromatic heterocycles. The maximum Gasteiger partial charge on any atom is 0.0467 e. The molecule has 1 rings (SSSR count). The largest absolute Gasteiger partial charge is 0.368 e. The van der Waals surface area contributed by atoms with E-state index in [0.717, 1.165) is 26.2 Å². The average Bonchev–Trinajstić information content (AvgIpc) is 2.31. The third-order valence-electron chi connectivity index (χ3n) is 3.16. The first-order valence-corrected chi connectivity index (χ1v) is 6.94. The zero-order valence-electron chi connectivity index (χ0n) is 11.3. The monoisotopic (exact) mass is 298 g/mol. The van der Waals surface area contributed by atoms with E-state index in [2.05, 4.69) is 71.8 Å². The predicted octanol–water partition coefficient (Wildman–Crippen LogP) is 3.38. The topological polar surface area (TPSA) is 6.48 Å². The van der Waals surface area contributed by atoms with Gasteiger partial charge >= 0.3 is 0 Å². The Morgan fingerprint density at radius 2 is 1.65 bits per heavy atom. The first-order valence-electron chi connectivity index (χ1n) is 6.15. The van der Waals surface area contributed by atoms with Crippen molar-refractivity contribution in [3.05, 3.63) is 34.0 Å². The molecule has 0 aromatic carbocycles. The van der Waals surface area contributed by atoms with Crippen molar-refractivity contribution in [3.8, 4) is 0 Å². The van der Waals surface area contributed by atoms with Crippen molar-refractivity contribution in [2.45, 2.75) is 20.8 Å². The first kappa shape index (κ1) is 14.5. The number of hydrogen-bond acceptors (Lipinski definition) is 2. The van der Waals surface area contributed by atoms with Gasteiger partial charge in [-0.2, -0.15) is 0 Å². The van der Waals surface area contributed by atoms with Gasteiger partial charge in [-0.25, -0.2) is 0 Å². The van der Waals surface area contributed by atoms with Crippen molar-refractivity contribution >= 4 is 15.9 Å². The van der Waals surface area contributed by atoms with Gasteiger partial charge in [0.05, 0.1) is 0 Å². The Morgan fingerprint density at radius 1 is 1.06 bits per heavy atom. The molecule has 1 heterocycles. The van der Waals surface area contributed by atoms with Crippen molar-refractivity contribution in [2.24, 2.45) is 0 Å². The summed E-state index contributed by atoms with van der Waals surface area (Å²) in [6.45, 7) is 10.8. The Labute approximate surface area is 114 Å². The smallest absolute Gasteiger partial charge is 0.0467 e. The highest BCUT2D eigenvalue weighted by Crippen LogP contribution is 2.19. The number of nitrogens with zero attached hydrogens (tertiary/aromatic N) is 2. The van der Waals surface area contributed by atoms with Crippen molar-refractivity contribution in [3.63, 3.8) is 0 Å². The highest BCUT2D eigenvalue weighted by Gasteiger charge is 2.15. The molecule has 0 unspecified atom stereocenters. The van der Waals surface area contributed by atoms with E-state index >= 15 is 0 Å². The van der Waals surface area contributed by atoms with Gasteiger partial charge in [0.15, 0.2) is 0 Å². The molecule has 3 heteroatoms. The van der Waals surface area contributed by atoms with E-state index in [9.17, 15) is 0 Å². The molecule has 0 aliphatic carbocycles. The van der Waals surface area contributed by atoms with Gasteiger partial charge in [-0.3, -0.25) is 0 Å². The molecule has 0 radical (unpaired) electrons. The minimum atomic E-state index is 1.11. The van der Waals surface area contributed by atoms with Crippen molar-refractivity contribution in [2.75, 3.05) is 33.2 Å². The molecular weight excluding hydrogens is 276 g/mol. The van der Waals surface area contributed by atoms with E-state index in [1.165, 1.54) is 15.8 Å². The molecule has 0 aromatic rings. The van der Waals surface area contributed by atoms with Crippen LogP contribution in [0.3, 0.4) is 0 Å². The third-order valence-corrected chi connectivity index (χ3v) is 3.56. The molecule has 0 spiro atoms. The molecule has 1 aliphatic heterocycles. The van der Waals surface area contributed by atoms with Crippen molar-refractivity contribution < 1.29 is 0 Å². The number of hydrogen-bond donors (Lipinski definition) is 0. The van der Waals surface area contributed by atoms with Crippen LogP contribution in [-0.2, 0) is 0 Å².